The number of amides is 2. The molecule has 4 rings (SSSR count). The van der Waals surface area contributed by atoms with Crippen LogP contribution in [0, 0.1) is 11.8 Å². The second-order valence-electron chi connectivity index (χ2n) is 9.23. The van der Waals surface area contributed by atoms with E-state index in [0.717, 1.165) is 31.7 Å². The minimum absolute atomic E-state index is 0.0606. The van der Waals surface area contributed by atoms with Crippen LogP contribution in [0.3, 0.4) is 0 Å². The predicted molar refractivity (Wildman–Crippen MR) is 127 cm³/mol. The van der Waals surface area contributed by atoms with E-state index >= 15 is 0 Å². The van der Waals surface area contributed by atoms with Crippen molar-refractivity contribution < 1.29 is 9.59 Å². The molecule has 0 atom stereocenters. The Balaban J connectivity index is 1.78. The first-order valence-corrected chi connectivity index (χ1v) is 11.5. The number of halogens is 1. The zero-order valence-electron chi connectivity index (χ0n) is 18.7. The number of fused-ring (bicyclic) bond motifs is 2. The summed E-state index contributed by atoms with van der Waals surface area (Å²) in [6, 6.07) is 16.9. The fourth-order valence-electron chi connectivity index (χ4n) is 5.72. The highest BCUT2D eigenvalue weighted by molar-refractivity contribution is 6.30. The molecular formula is C25H31ClN4O2. The fraction of sp³-hybridized carbons (Fsp3) is 0.440. The monoisotopic (exact) mass is 454 g/mol. The zero-order chi connectivity index (χ0) is 22.9. The molecule has 2 aromatic carbocycles. The predicted octanol–water partition coefficient (Wildman–Crippen LogP) is 2.37. The maximum absolute atomic E-state index is 13.9. The van der Waals surface area contributed by atoms with Gasteiger partial charge in [-0.25, -0.2) is 0 Å². The summed E-state index contributed by atoms with van der Waals surface area (Å²) >= 11 is 6.06. The van der Waals surface area contributed by atoms with Crippen molar-refractivity contribution in [1.29, 1.82) is 0 Å². The van der Waals surface area contributed by atoms with Crippen LogP contribution in [-0.2, 0) is 11.2 Å². The van der Waals surface area contributed by atoms with Crippen LogP contribution in [0.4, 0.5) is 0 Å². The molecule has 2 aromatic rings. The molecule has 6 nitrogen and oxygen atoms in total. The lowest BCUT2D eigenvalue weighted by atomic mass is 9.65. The summed E-state index contributed by atoms with van der Waals surface area (Å²) in [6.07, 6.45) is 0.653. The molecule has 2 heterocycles. The van der Waals surface area contributed by atoms with Crippen LogP contribution < -0.4 is 5.73 Å². The van der Waals surface area contributed by atoms with E-state index in [1.54, 1.807) is 29.2 Å². The lowest BCUT2D eigenvalue weighted by molar-refractivity contribution is -0.151. The molecule has 0 saturated carbocycles. The maximum atomic E-state index is 13.9. The molecule has 170 valence electrons. The van der Waals surface area contributed by atoms with Crippen molar-refractivity contribution in [3.05, 3.63) is 70.7 Å². The molecule has 2 N–H and O–H groups in total. The largest absolute Gasteiger partial charge is 0.368 e. The molecular weight excluding hydrogens is 424 g/mol. The average molecular weight is 455 g/mol. The number of benzene rings is 2. The van der Waals surface area contributed by atoms with Gasteiger partial charge in [-0.05, 0) is 50.3 Å². The Labute approximate surface area is 194 Å². The van der Waals surface area contributed by atoms with Gasteiger partial charge < -0.3 is 20.4 Å². The van der Waals surface area contributed by atoms with Gasteiger partial charge in [0.05, 0.1) is 0 Å². The molecule has 2 saturated heterocycles. The van der Waals surface area contributed by atoms with E-state index in [-0.39, 0.29) is 17.7 Å². The van der Waals surface area contributed by atoms with Crippen molar-refractivity contribution in [2.75, 3.05) is 46.8 Å². The molecule has 0 spiro atoms. The van der Waals surface area contributed by atoms with E-state index in [1.807, 2.05) is 30.3 Å². The Morgan fingerprint density at radius 2 is 1.50 bits per heavy atom. The van der Waals surface area contributed by atoms with Crippen LogP contribution in [0.15, 0.2) is 54.6 Å². The minimum atomic E-state index is -1.02. The number of nitrogens with zero attached hydrogens (tertiary/aromatic N) is 3. The Hall–Kier alpha value is -2.41. The van der Waals surface area contributed by atoms with Crippen molar-refractivity contribution in [3.8, 4) is 0 Å². The third kappa shape index (κ3) is 4.15. The molecule has 0 unspecified atom stereocenters. The number of primary amides is 1. The van der Waals surface area contributed by atoms with E-state index < -0.39 is 11.4 Å². The van der Waals surface area contributed by atoms with Crippen LogP contribution in [-0.4, -0.2) is 78.9 Å². The summed E-state index contributed by atoms with van der Waals surface area (Å²) in [6.45, 7) is 3.31. The summed E-state index contributed by atoms with van der Waals surface area (Å²) in [5.74, 6) is -0.686. The highest BCUT2D eigenvalue weighted by Crippen LogP contribution is 2.42. The molecule has 2 aliphatic rings. The van der Waals surface area contributed by atoms with Crippen LogP contribution in [0.1, 0.15) is 15.9 Å². The van der Waals surface area contributed by atoms with Gasteiger partial charge in [0, 0.05) is 55.1 Å². The molecule has 0 radical (unpaired) electrons. The van der Waals surface area contributed by atoms with Gasteiger partial charge in [0.1, 0.15) is 5.54 Å². The number of hydrogen-bond acceptors (Lipinski definition) is 4. The van der Waals surface area contributed by atoms with Gasteiger partial charge in [-0.15, -0.1) is 0 Å². The van der Waals surface area contributed by atoms with Crippen molar-refractivity contribution in [2.45, 2.75) is 12.0 Å². The van der Waals surface area contributed by atoms with Crippen LogP contribution in [0.2, 0.25) is 5.02 Å². The molecule has 2 bridgehead atoms. The molecule has 0 aromatic heterocycles. The third-order valence-electron chi connectivity index (χ3n) is 7.02. The molecule has 2 amide bonds. The minimum Gasteiger partial charge on any atom is -0.368 e. The van der Waals surface area contributed by atoms with Gasteiger partial charge in [-0.1, -0.05) is 41.9 Å². The SMILES string of the molecule is CN1CC2CN(C)CC(C1)C2(C(N)=O)N(CCc1ccccc1)C(=O)c1ccc(Cl)cc1. The van der Waals surface area contributed by atoms with E-state index in [0.29, 0.717) is 23.6 Å². The molecule has 7 heteroatoms. The Kier molecular flexibility index (Phi) is 6.56. The van der Waals surface area contributed by atoms with Crippen LogP contribution in [0.25, 0.3) is 0 Å². The Morgan fingerprint density at radius 3 is 2.00 bits per heavy atom. The first-order chi connectivity index (χ1) is 15.3. The van der Waals surface area contributed by atoms with Gasteiger partial charge in [0.15, 0.2) is 0 Å². The normalized spacial score (nSPS) is 26.0. The van der Waals surface area contributed by atoms with Crippen LogP contribution >= 0.6 is 11.6 Å². The van der Waals surface area contributed by atoms with Gasteiger partial charge in [0.25, 0.3) is 5.91 Å². The van der Waals surface area contributed by atoms with E-state index in [1.165, 1.54) is 0 Å². The summed E-state index contributed by atoms with van der Waals surface area (Å²) in [5.41, 5.74) is 6.82. The lowest BCUT2D eigenvalue weighted by Gasteiger charge is -2.59. The lowest BCUT2D eigenvalue weighted by Crippen LogP contribution is -2.77. The fourth-order valence-corrected chi connectivity index (χ4v) is 5.85. The van der Waals surface area contributed by atoms with Crippen molar-refractivity contribution in [3.63, 3.8) is 0 Å². The highest BCUT2D eigenvalue weighted by Gasteiger charge is 2.60. The summed E-state index contributed by atoms with van der Waals surface area (Å²) in [7, 11) is 4.15. The number of nitrogens with two attached hydrogens (primary N) is 1. The van der Waals surface area contributed by atoms with E-state index in [9.17, 15) is 9.59 Å². The average Bonchev–Trinajstić information content (AvgIpc) is 2.75. The molecule has 2 fully saturated rings. The molecule has 2 aliphatic heterocycles. The van der Waals surface area contributed by atoms with Gasteiger partial charge >= 0.3 is 0 Å². The standard InChI is InChI=1S/C25H31ClN4O2/c1-28-14-20-16-29(2)17-21(15-28)25(20,24(27)32)30(13-12-18-6-4-3-5-7-18)23(31)19-8-10-22(26)11-9-19/h3-11,20-21H,12-17H2,1-2H3,(H2,27,32). The van der Waals surface area contributed by atoms with Gasteiger partial charge in [-0.3, -0.25) is 9.59 Å². The number of carbonyl (C=O) groups excluding carboxylic acids is 2. The van der Waals surface area contributed by atoms with E-state index in [4.69, 9.17) is 17.3 Å². The number of piperidine rings is 2. The maximum Gasteiger partial charge on any atom is 0.254 e. The first kappa shape index (κ1) is 22.8. The van der Waals surface area contributed by atoms with Gasteiger partial charge in [0.2, 0.25) is 5.91 Å². The number of likely N-dealkylation sites (tertiary alicyclic amines) is 2. The highest BCUT2D eigenvalue weighted by atomic mass is 35.5. The Morgan fingerprint density at radius 1 is 0.969 bits per heavy atom. The summed E-state index contributed by atoms with van der Waals surface area (Å²) in [4.78, 5) is 33.5. The summed E-state index contributed by atoms with van der Waals surface area (Å²) < 4.78 is 0. The van der Waals surface area contributed by atoms with Crippen molar-refractivity contribution in [2.24, 2.45) is 17.6 Å². The molecule has 32 heavy (non-hydrogen) atoms. The number of rotatable bonds is 6. The van der Waals surface area contributed by atoms with E-state index in [2.05, 4.69) is 23.9 Å². The topological polar surface area (TPSA) is 69.9 Å². The smallest absolute Gasteiger partial charge is 0.254 e. The molecule has 0 aliphatic carbocycles. The van der Waals surface area contributed by atoms with Crippen molar-refractivity contribution >= 4 is 23.4 Å². The zero-order valence-corrected chi connectivity index (χ0v) is 19.5. The number of carbonyl (C=O) groups is 2. The van der Waals surface area contributed by atoms with Crippen LogP contribution in [0.5, 0.6) is 0 Å². The first-order valence-electron chi connectivity index (χ1n) is 11.1. The van der Waals surface area contributed by atoms with Gasteiger partial charge in [-0.2, -0.15) is 0 Å². The second-order valence-corrected chi connectivity index (χ2v) is 9.66. The number of hydrogen-bond donors (Lipinski definition) is 1. The Bertz CT molecular complexity index is 936. The second kappa shape index (κ2) is 9.22. The van der Waals surface area contributed by atoms with Crippen molar-refractivity contribution in [1.82, 2.24) is 14.7 Å². The third-order valence-corrected chi connectivity index (χ3v) is 7.27. The quantitative estimate of drug-likeness (QED) is 0.727. The summed E-state index contributed by atoms with van der Waals surface area (Å²) in [5, 5.41) is 0.569.